The Hall–Kier alpha value is -3.66. The zero-order valence-electron chi connectivity index (χ0n) is 15.5. The SMILES string of the molecule is Cn1c(=O)c2c(ncn2CC(=O)NC(=N)/C=C(\O)c2ccc(Cl)cc2)n(C)c1=O. The summed E-state index contributed by atoms with van der Waals surface area (Å²) in [6.07, 6.45) is 2.35. The number of benzene rings is 1. The van der Waals surface area contributed by atoms with E-state index in [0.717, 1.165) is 10.6 Å². The van der Waals surface area contributed by atoms with E-state index in [2.05, 4.69) is 10.3 Å². The number of amides is 1. The largest absolute Gasteiger partial charge is 0.507 e. The quantitative estimate of drug-likeness (QED) is 0.328. The van der Waals surface area contributed by atoms with Gasteiger partial charge in [-0.1, -0.05) is 11.6 Å². The molecule has 0 fully saturated rings. The molecule has 2 heterocycles. The number of aryl methyl sites for hydroxylation is 1. The number of nitrogens with one attached hydrogen (secondary N) is 2. The van der Waals surface area contributed by atoms with Gasteiger partial charge in [0.1, 0.15) is 18.1 Å². The number of fused-ring (bicyclic) bond motifs is 1. The molecule has 11 heteroatoms. The fourth-order valence-corrected chi connectivity index (χ4v) is 2.86. The number of aromatic nitrogens is 4. The Labute approximate surface area is 168 Å². The summed E-state index contributed by atoms with van der Waals surface area (Å²) in [7, 11) is 2.81. The van der Waals surface area contributed by atoms with E-state index < -0.39 is 17.2 Å². The van der Waals surface area contributed by atoms with Crippen molar-refractivity contribution in [2.75, 3.05) is 0 Å². The van der Waals surface area contributed by atoms with E-state index in [1.165, 1.54) is 29.6 Å². The van der Waals surface area contributed by atoms with Crippen LogP contribution in [0.25, 0.3) is 16.9 Å². The van der Waals surface area contributed by atoms with Crippen LogP contribution in [-0.2, 0) is 25.4 Å². The number of carbonyl (C=O) groups is 1. The van der Waals surface area contributed by atoms with Gasteiger partial charge < -0.3 is 15.0 Å². The van der Waals surface area contributed by atoms with Crippen LogP contribution >= 0.6 is 11.6 Å². The van der Waals surface area contributed by atoms with Crippen molar-refractivity contribution in [3.05, 3.63) is 68.1 Å². The van der Waals surface area contributed by atoms with Gasteiger partial charge in [0.25, 0.3) is 5.56 Å². The monoisotopic (exact) mass is 416 g/mol. The smallest absolute Gasteiger partial charge is 0.332 e. The van der Waals surface area contributed by atoms with E-state index in [0.29, 0.717) is 10.6 Å². The molecule has 10 nitrogen and oxygen atoms in total. The van der Waals surface area contributed by atoms with Crippen molar-refractivity contribution in [3.8, 4) is 0 Å². The minimum Gasteiger partial charge on any atom is -0.507 e. The Morgan fingerprint density at radius 1 is 1.24 bits per heavy atom. The first kappa shape index (κ1) is 20.1. The molecule has 29 heavy (non-hydrogen) atoms. The highest BCUT2D eigenvalue weighted by Crippen LogP contribution is 2.15. The van der Waals surface area contributed by atoms with Gasteiger partial charge in [-0.2, -0.15) is 0 Å². The summed E-state index contributed by atoms with van der Waals surface area (Å²) in [6, 6.07) is 6.31. The van der Waals surface area contributed by atoms with Crippen molar-refractivity contribution < 1.29 is 9.90 Å². The van der Waals surface area contributed by atoms with Crippen LogP contribution in [0.15, 0.2) is 46.3 Å². The molecule has 3 N–H and O–H groups in total. The van der Waals surface area contributed by atoms with Gasteiger partial charge in [-0.3, -0.25) is 24.1 Å². The third-order valence-electron chi connectivity index (χ3n) is 4.23. The molecule has 0 bridgehead atoms. The zero-order chi connectivity index (χ0) is 21.3. The van der Waals surface area contributed by atoms with Crippen molar-refractivity contribution >= 4 is 40.3 Å². The molecule has 0 unspecified atom stereocenters. The summed E-state index contributed by atoms with van der Waals surface area (Å²) in [5.74, 6) is -1.17. The normalized spacial score (nSPS) is 11.6. The molecule has 0 aliphatic carbocycles. The number of aliphatic hydroxyl groups excluding tert-OH is 1. The van der Waals surface area contributed by atoms with E-state index in [4.69, 9.17) is 17.0 Å². The second-order valence-electron chi connectivity index (χ2n) is 6.25. The van der Waals surface area contributed by atoms with Crippen molar-refractivity contribution in [2.45, 2.75) is 6.54 Å². The van der Waals surface area contributed by atoms with E-state index in [1.807, 2.05) is 0 Å². The second kappa shape index (κ2) is 7.76. The van der Waals surface area contributed by atoms with Crippen LogP contribution in [0, 0.1) is 5.41 Å². The molecule has 0 saturated heterocycles. The Morgan fingerprint density at radius 2 is 1.90 bits per heavy atom. The number of amidine groups is 1. The highest BCUT2D eigenvalue weighted by molar-refractivity contribution is 6.30. The van der Waals surface area contributed by atoms with Gasteiger partial charge in [-0.05, 0) is 24.3 Å². The number of halogens is 1. The Balaban J connectivity index is 1.78. The van der Waals surface area contributed by atoms with Crippen LogP contribution in [0.1, 0.15) is 5.56 Å². The molecule has 1 aromatic carbocycles. The van der Waals surface area contributed by atoms with Gasteiger partial charge >= 0.3 is 5.69 Å². The van der Waals surface area contributed by atoms with Crippen molar-refractivity contribution in [2.24, 2.45) is 14.1 Å². The third kappa shape index (κ3) is 3.97. The maximum atomic E-state index is 12.4. The molecule has 0 aliphatic heterocycles. The van der Waals surface area contributed by atoms with Gasteiger partial charge in [0.05, 0.1) is 6.33 Å². The first-order chi connectivity index (χ1) is 13.7. The predicted octanol–water partition coefficient (Wildman–Crippen LogP) is 0.780. The third-order valence-corrected chi connectivity index (χ3v) is 4.48. The van der Waals surface area contributed by atoms with E-state index in [9.17, 15) is 19.5 Å². The lowest BCUT2D eigenvalue weighted by Crippen LogP contribution is -2.38. The molecule has 150 valence electrons. The van der Waals surface area contributed by atoms with E-state index in [-0.39, 0.29) is 29.3 Å². The Kier molecular flexibility index (Phi) is 5.37. The van der Waals surface area contributed by atoms with Crippen molar-refractivity contribution in [3.63, 3.8) is 0 Å². The van der Waals surface area contributed by atoms with E-state index >= 15 is 0 Å². The fraction of sp³-hybridized carbons (Fsp3) is 0.167. The molecular formula is C18H17ClN6O4. The summed E-state index contributed by atoms with van der Waals surface area (Å²) < 4.78 is 3.43. The van der Waals surface area contributed by atoms with Gasteiger partial charge in [0, 0.05) is 30.8 Å². The fourth-order valence-electron chi connectivity index (χ4n) is 2.74. The topological polar surface area (TPSA) is 135 Å². The molecular weight excluding hydrogens is 400 g/mol. The first-order valence-electron chi connectivity index (χ1n) is 8.35. The number of aliphatic hydroxyl groups is 1. The number of hydrogen-bond acceptors (Lipinski definition) is 6. The standard InChI is InChI=1S/C18H17ClN6O4/c1-23-16-15(17(28)24(2)18(23)29)25(9-21-16)8-14(27)22-13(20)7-12(26)10-3-5-11(19)6-4-10/h3-7,9,26H,8H2,1-2H3,(H2,20,22,27)/b12-7-. The number of carbonyl (C=O) groups excluding carboxylic acids is 1. The van der Waals surface area contributed by atoms with Gasteiger partial charge in [-0.15, -0.1) is 0 Å². The summed E-state index contributed by atoms with van der Waals surface area (Å²) in [5.41, 5.74) is -0.430. The molecule has 0 saturated carbocycles. The molecule has 0 aliphatic rings. The molecule has 0 spiro atoms. The summed E-state index contributed by atoms with van der Waals surface area (Å²) in [4.78, 5) is 40.6. The van der Waals surface area contributed by atoms with Crippen LogP contribution in [0.4, 0.5) is 0 Å². The zero-order valence-corrected chi connectivity index (χ0v) is 16.3. The second-order valence-corrected chi connectivity index (χ2v) is 6.69. The summed E-state index contributed by atoms with van der Waals surface area (Å²) in [5, 5.41) is 20.7. The van der Waals surface area contributed by atoms with Gasteiger partial charge in [-0.25, -0.2) is 9.78 Å². The first-order valence-corrected chi connectivity index (χ1v) is 8.72. The number of hydrogen-bond donors (Lipinski definition) is 3. The molecule has 3 rings (SSSR count). The molecule has 1 amide bonds. The van der Waals surface area contributed by atoms with Crippen molar-refractivity contribution in [1.29, 1.82) is 5.41 Å². The lowest BCUT2D eigenvalue weighted by atomic mass is 10.2. The van der Waals surface area contributed by atoms with E-state index in [1.54, 1.807) is 24.3 Å². The summed E-state index contributed by atoms with van der Waals surface area (Å²) >= 11 is 5.79. The number of nitrogens with zero attached hydrogens (tertiary/aromatic N) is 4. The van der Waals surface area contributed by atoms with Gasteiger partial charge in [0.2, 0.25) is 5.91 Å². The Bertz CT molecular complexity index is 1270. The van der Waals surface area contributed by atoms with Crippen LogP contribution in [0.2, 0.25) is 5.02 Å². The van der Waals surface area contributed by atoms with Crippen LogP contribution in [0.5, 0.6) is 0 Å². The maximum Gasteiger partial charge on any atom is 0.332 e. The molecule has 2 aromatic heterocycles. The Morgan fingerprint density at radius 3 is 2.55 bits per heavy atom. The lowest BCUT2D eigenvalue weighted by Gasteiger charge is -2.08. The highest BCUT2D eigenvalue weighted by atomic mass is 35.5. The van der Waals surface area contributed by atoms with Crippen molar-refractivity contribution in [1.82, 2.24) is 24.0 Å². The predicted molar refractivity (Wildman–Crippen MR) is 108 cm³/mol. The van der Waals surface area contributed by atoms with Gasteiger partial charge in [0.15, 0.2) is 11.2 Å². The average molecular weight is 417 g/mol. The maximum absolute atomic E-state index is 12.4. The molecule has 0 radical (unpaired) electrons. The molecule has 3 aromatic rings. The lowest BCUT2D eigenvalue weighted by molar-refractivity contribution is -0.120. The minimum atomic E-state index is -0.606. The summed E-state index contributed by atoms with van der Waals surface area (Å²) in [6.45, 7) is -0.304. The number of imidazole rings is 1. The minimum absolute atomic E-state index is 0.0934. The number of rotatable bonds is 4. The van der Waals surface area contributed by atoms with Crippen LogP contribution in [-0.4, -0.2) is 35.5 Å². The van der Waals surface area contributed by atoms with Crippen LogP contribution in [0.3, 0.4) is 0 Å². The highest BCUT2D eigenvalue weighted by Gasteiger charge is 2.16. The van der Waals surface area contributed by atoms with Crippen LogP contribution < -0.4 is 16.6 Å². The average Bonchev–Trinajstić information content (AvgIpc) is 3.08. The molecule has 0 atom stereocenters.